The predicted molar refractivity (Wildman–Crippen MR) is 110 cm³/mol. The predicted octanol–water partition coefficient (Wildman–Crippen LogP) is 2.62. The van der Waals surface area contributed by atoms with Gasteiger partial charge in [-0.1, -0.05) is 0 Å². The van der Waals surface area contributed by atoms with E-state index < -0.39 is 22.7 Å². The topological polar surface area (TPSA) is 98.7 Å². The lowest BCUT2D eigenvalue weighted by atomic mass is 9.91. The fourth-order valence-electron chi connectivity index (χ4n) is 4.04. The molecule has 0 aliphatic carbocycles. The number of hydrogen-bond donors (Lipinski definition) is 2. The summed E-state index contributed by atoms with van der Waals surface area (Å²) in [5, 5.41) is 27.8. The second kappa shape index (κ2) is 7.70. The number of rotatable bonds is 4. The number of alkyl halides is 3. The zero-order chi connectivity index (χ0) is 22.5. The number of thiophene rings is 1. The lowest BCUT2D eigenvalue weighted by Crippen LogP contribution is -2.66. The van der Waals surface area contributed by atoms with Crippen molar-refractivity contribution in [2.45, 2.75) is 30.3 Å². The highest BCUT2D eigenvalue weighted by atomic mass is 32.1. The van der Waals surface area contributed by atoms with Gasteiger partial charge in [0.15, 0.2) is 11.2 Å². The Labute approximate surface area is 184 Å². The van der Waals surface area contributed by atoms with Gasteiger partial charge in [-0.25, -0.2) is 9.50 Å². The molecule has 5 heterocycles. The second-order valence-corrected chi connectivity index (χ2v) is 9.07. The Bertz CT molecular complexity index is 1180. The third-order valence-corrected chi connectivity index (χ3v) is 7.06. The fraction of sp³-hybridized carbons (Fsp3) is 0.450. The zero-order valence-corrected chi connectivity index (χ0v) is 17.5. The molecule has 0 amide bonds. The molecular formula is C20H19F3N6O2S. The van der Waals surface area contributed by atoms with Gasteiger partial charge >= 0.3 is 6.18 Å². The number of nitrogens with one attached hydrogen (secondary N) is 1. The number of nitrogens with zero attached hydrogens (tertiary/aromatic N) is 5. The van der Waals surface area contributed by atoms with Crippen LogP contribution in [0, 0.1) is 11.3 Å². The number of aromatic nitrogens is 3. The summed E-state index contributed by atoms with van der Waals surface area (Å²) in [6, 6.07) is 7.91. The molecule has 3 aromatic heterocycles. The maximum absolute atomic E-state index is 13.0. The van der Waals surface area contributed by atoms with E-state index in [2.05, 4.69) is 21.5 Å². The Hall–Kier alpha value is -2.72. The Morgan fingerprint density at radius 3 is 2.72 bits per heavy atom. The van der Waals surface area contributed by atoms with E-state index in [9.17, 15) is 23.5 Å². The number of piperidine rings is 1. The highest BCUT2D eigenvalue weighted by Crippen LogP contribution is 2.38. The molecule has 2 atom stereocenters. The van der Waals surface area contributed by atoms with Crippen molar-refractivity contribution in [3.8, 4) is 16.6 Å². The minimum atomic E-state index is -4.40. The van der Waals surface area contributed by atoms with Crippen molar-refractivity contribution in [3.05, 3.63) is 35.3 Å². The quantitative estimate of drug-likeness (QED) is 0.613. The van der Waals surface area contributed by atoms with Crippen molar-refractivity contribution in [1.29, 1.82) is 5.26 Å². The van der Waals surface area contributed by atoms with E-state index in [4.69, 9.17) is 4.74 Å². The molecule has 32 heavy (non-hydrogen) atoms. The molecule has 0 spiro atoms. The van der Waals surface area contributed by atoms with Crippen LogP contribution < -0.4 is 5.32 Å². The van der Waals surface area contributed by atoms with Crippen LogP contribution in [0.2, 0.25) is 0 Å². The number of likely N-dealkylation sites (tertiary alicyclic amines) is 1. The normalized spacial score (nSPS) is 23.6. The molecule has 5 rings (SSSR count). The van der Waals surface area contributed by atoms with Crippen molar-refractivity contribution >= 4 is 22.8 Å². The summed E-state index contributed by atoms with van der Waals surface area (Å²) in [6.07, 6.45) is -3.03. The number of ether oxygens (including phenoxy) is 1. The standard InChI is InChI=1S/C20H19F3N6O2S/c21-20(22,23)16-2-1-15(32-16)13-7-25-18-4-3-17(27-29(13)18)26-12-5-6-28(8-14(12)30)19(9-24)10-31-11-19/h1-4,7,12,14,30H,5-6,8,10-11H2,(H,26,27)/t12-,14-/m1/s1. The molecule has 2 saturated heterocycles. The molecule has 2 aliphatic heterocycles. The third kappa shape index (κ3) is 3.61. The van der Waals surface area contributed by atoms with E-state index in [1.54, 1.807) is 12.1 Å². The number of β-amino-alcohol motifs (C(OH)–C–C–N with tert-alkyl or cyclic N) is 1. The molecule has 2 N–H and O–H groups in total. The van der Waals surface area contributed by atoms with Gasteiger partial charge in [0.25, 0.3) is 0 Å². The van der Waals surface area contributed by atoms with Gasteiger partial charge in [-0.2, -0.15) is 18.4 Å². The summed E-state index contributed by atoms with van der Waals surface area (Å²) >= 11 is 0.638. The monoisotopic (exact) mass is 464 g/mol. The largest absolute Gasteiger partial charge is 0.425 e. The number of aliphatic hydroxyl groups excluding tert-OH is 1. The van der Waals surface area contributed by atoms with Gasteiger partial charge in [0, 0.05) is 13.1 Å². The Morgan fingerprint density at radius 2 is 2.09 bits per heavy atom. The summed E-state index contributed by atoms with van der Waals surface area (Å²) < 4.78 is 45.6. The second-order valence-electron chi connectivity index (χ2n) is 7.98. The molecule has 12 heteroatoms. The molecule has 0 unspecified atom stereocenters. The summed E-state index contributed by atoms with van der Waals surface area (Å²) in [6.45, 7) is 1.64. The van der Waals surface area contributed by atoms with E-state index in [1.165, 1.54) is 16.8 Å². The molecule has 0 aromatic carbocycles. The number of anilines is 1. The number of aliphatic hydroxyl groups is 1. The van der Waals surface area contributed by atoms with Crippen LogP contribution in [0.15, 0.2) is 30.5 Å². The SMILES string of the molecule is N#CC1(N2CC[C@@H](Nc3ccc4ncc(-c5ccc(C(F)(F)F)s5)n4n3)[C@H](O)C2)COC1. The maximum atomic E-state index is 13.0. The summed E-state index contributed by atoms with van der Waals surface area (Å²) in [4.78, 5) is 5.92. The van der Waals surface area contributed by atoms with Crippen molar-refractivity contribution in [2.24, 2.45) is 0 Å². The third-order valence-electron chi connectivity index (χ3n) is 5.91. The van der Waals surface area contributed by atoms with Gasteiger partial charge in [-0.3, -0.25) is 4.90 Å². The average molecular weight is 464 g/mol. The lowest BCUT2D eigenvalue weighted by Gasteiger charge is -2.48. The van der Waals surface area contributed by atoms with Crippen molar-refractivity contribution in [3.63, 3.8) is 0 Å². The Balaban J connectivity index is 1.34. The highest BCUT2D eigenvalue weighted by molar-refractivity contribution is 7.15. The molecule has 168 valence electrons. The van der Waals surface area contributed by atoms with Crippen LogP contribution >= 0.6 is 11.3 Å². The van der Waals surface area contributed by atoms with Gasteiger partial charge in [0.05, 0.1) is 42.5 Å². The number of imidazole rings is 1. The fourth-order valence-corrected chi connectivity index (χ4v) is 4.91. The first-order valence-electron chi connectivity index (χ1n) is 10.00. The van der Waals surface area contributed by atoms with E-state index in [-0.39, 0.29) is 6.04 Å². The minimum absolute atomic E-state index is 0.279. The van der Waals surface area contributed by atoms with Gasteiger partial charge in [-0.15, -0.1) is 16.4 Å². The Morgan fingerprint density at radius 1 is 1.28 bits per heavy atom. The number of nitriles is 1. The molecule has 0 radical (unpaired) electrons. The molecule has 2 fully saturated rings. The van der Waals surface area contributed by atoms with E-state index in [0.29, 0.717) is 66.1 Å². The van der Waals surface area contributed by atoms with Crippen LogP contribution in [0.4, 0.5) is 19.0 Å². The smallest absolute Gasteiger partial charge is 0.390 e. The minimum Gasteiger partial charge on any atom is -0.390 e. The molecule has 2 aliphatic rings. The van der Waals surface area contributed by atoms with Gasteiger partial charge in [0.2, 0.25) is 0 Å². The van der Waals surface area contributed by atoms with Crippen LogP contribution in [-0.2, 0) is 10.9 Å². The number of halogens is 3. The molecule has 8 nitrogen and oxygen atoms in total. The molecule has 0 saturated carbocycles. The Kier molecular flexibility index (Phi) is 5.09. The number of fused-ring (bicyclic) bond motifs is 1. The van der Waals surface area contributed by atoms with Crippen LogP contribution in [0.25, 0.3) is 16.2 Å². The number of hydrogen-bond acceptors (Lipinski definition) is 8. The first-order valence-corrected chi connectivity index (χ1v) is 10.8. The van der Waals surface area contributed by atoms with Crippen molar-refractivity contribution < 1.29 is 23.0 Å². The average Bonchev–Trinajstić information content (AvgIpc) is 3.36. The summed E-state index contributed by atoms with van der Waals surface area (Å²) in [5.41, 5.74) is 0.300. The zero-order valence-electron chi connectivity index (χ0n) is 16.7. The first kappa shape index (κ1) is 21.1. The lowest BCUT2D eigenvalue weighted by molar-refractivity contribution is -0.134. The first-order chi connectivity index (χ1) is 15.3. The molecular weight excluding hydrogens is 445 g/mol. The van der Waals surface area contributed by atoms with Gasteiger partial charge < -0.3 is 15.2 Å². The van der Waals surface area contributed by atoms with E-state index >= 15 is 0 Å². The van der Waals surface area contributed by atoms with E-state index in [1.807, 2.05) is 4.90 Å². The summed E-state index contributed by atoms with van der Waals surface area (Å²) in [7, 11) is 0. The maximum Gasteiger partial charge on any atom is 0.425 e. The van der Waals surface area contributed by atoms with Crippen LogP contribution in [0.1, 0.15) is 11.3 Å². The molecule has 3 aromatic rings. The van der Waals surface area contributed by atoms with Gasteiger partial charge in [-0.05, 0) is 30.7 Å². The van der Waals surface area contributed by atoms with Crippen molar-refractivity contribution in [2.75, 3.05) is 31.6 Å². The van der Waals surface area contributed by atoms with Crippen LogP contribution in [0.5, 0.6) is 0 Å². The van der Waals surface area contributed by atoms with Gasteiger partial charge in [0.1, 0.15) is 16.4 Å². The van der Waals surface area contributed by atoms with Crippen LogP contribution in [-0.4, -0.2) is 68.6 Å². The van der Waals surface area contributed by atoms with Crippen molar-refractivity contribution in [1.82, 2.24) is 19.5 Å². The van der Waals surface area contributed by atoms with Crippen LogP contribution in [0.3, 0.4) is 0 Å². The highest BCUT2D eigenvalue weighted by Gasteiger charge is 2.47. The van der Waals surface area contributed by atoms with E-state index in [0.717, 1.165) is 6.07 Å². The molecule has 0 bridgehead atoms. The summed E-state index contributed by atoms with van der Waals surface area (Å²) in [5.74, 6) is 0.476.